The minimum absolute atomic E-state index is 0.00280. The molecule has 2 aromatic heterocycles. The second-order valence-corrected chi connectivity index (χ2v) is 5.50. The van der Waals surface area contributed by atoms with Crippen LogP contribution in [0, 0.1) is 17.5 Å². The number of anilines is 1. The summed E-state index contributed by atoms with van der Waals surface area (Å²) >= 11 is 0.886. The Morgan fingerprint density at radius 3 is 2.57 bits per heavy atom. The normalized spacial score (nSPS) is 10.8. The Balaban J connectivity index is 1.87. The van der Waals surface area contributed by atoms with Gasteiger partial charge >= 0.3 is 0 Å². The van der Waals surface area contributed by atoms with E-state index in [4.69, 9.17) is 0 Å². The second-order valence-electron chi connectivity index (χ2n) is 4.64. The van der Waals surface area contributed by atoms with Crippen LogP contribution in [0.25, 0.3) is 10.6 Å². The lowest BCUT2D eigenvalue weighted by atomic mass is 10.2. The molecule has 3 aromatic rings. The third kappa shape index (κ3) is 3.09. The van der Waals surface area contributed by atoms with E-state index in [1.807, 2.05) is 0 Å². The maximum Gasteiger partial charge on any atom is 0.275 e. The monoisotopic (exact) mass is 338 g/mol. The Bertz CT molecular complexity index is 867. The average molecular weight is 338 g/mol. The van der Waals surface area contributed by atoms with Gasteiger partial charge in [-0.15, -0.1) is 11.3 Å². The smallest absolute Gasteiger partial charge is 0.275 e. The SMILES string of the molecule is Cn1cc(NC(=O)c2csc(-c3c(F)cc(F)cc3F)n2)cn1. The zero-order valence-electron chi connectivity index (χ0n) is 11.7. The number of hydrogen-bond acceptors (Lipinski definition) is 4. The van der Waals surface area contributed by atoms with Gasteiger partial charge in [0.05, 0.1) is 17.4 Å². The predicted octanol–water partition coefficient (Wildman–Crippen LogP) is 3.21. The van der Waals surface area contributed by atoms with Crippen LogP contribution in [0.1, 0.15) is 10.5 Å². The van der Waals surface area contributed by atoms with Crippen LogP contribution in [0.4, 0.5) is 18.9 Å². The number of aryl methyl sites for hydroxylation is 1. The highest BCUT2D eigenvalue weighted by Crippen LogP contribution is 2.29. The molecule has 0 aliphatic carbocycles. The summed E-state index contributed by atoms with van der Waals surface area (Å²) in [7, 11) is 1.69. The van der Waals surface area contributed by atoms with Gasteiger partial charge in [0.15, 0.2) is 0 Å². The van der Waals surface area contributed by atoms with Gasteiger partial charge in [0.25, 0.3) is 5.91 Å². The third-order valence-electron chi connectivity index (χ3n) is 2.92. The van der Waals surface area contributed by atoms with E-state index in [0.29, 0.717) is 17.8 Å². The Kier molecular flexibility index (Phi) is 3.87. The molecule has 0 saturated heterocycles. The van der Waals surface area contributed by atoms with Gasteiger partial charge in [0.2, 0.25) is 0 Å². The van der Waals surface area contributed by atoms with Crippen LogP contribution in [-0.2, 0) is 7.05 Å². The lowest BCUT2D eigenvalue weighted by Crippen LogP contribution is -2.11. The van der Waals surface area contributed by atoms with Gasteiger partial charge in [-0.2, -0.15) is 5.10 Å². The van der Waals surface area contributed by atoms with Crippen molar-refractivity contribution in [3.05, 3.63) is 53.1 Å². The number of hydrogen-bond donors (Lipinski definition) is 1. The molecule has 1 aromatic carbocycles. The minimum atomic E-state index is -1.07. The maximum absolute atomic E-state index is 13.7. The van der Waals surface area contributed by atoms with Gasteiger partial charge < -0.3 is 5.32 Å². The maximum atomic E-state index is 13.7. The van der Waals surface area contributed by atoms with Crippen LogP contribution in [0.3, 0.4) is 0 Å². The van der Waals surface area contributed by atoms with Crippen molar-refractivity contribution < 1.29 is 18.0 Å². The molecule has 3 rings (SSSR count). The highest BCUT2D eigenvalue weighted by atomic mass is 32.1. The number of carbonyl (C=O) groups excluding carboxylic acids is 1. The van der Waals surface area contributed by atoms with E-state index in [1.165, 1.54) is 16.3 Å². The molecule has 1 amide bonds. The molecule has 118 valence electrons. The van der Waals surface area contributed by atoms with E-state index >= 15 is 0 Å². The van der Waals surface area contributed by atoms with Crippen molar-refractivity contribution in [1.29, 1.82) is 0 Å². The second kappa shape index (κ2) is 5.84. The molecule has 0 radical (unpaired) electrons. The first kappa shape index (κ1) is 15.2. The Morgan fingerprint density at radius 1 is 1.26 bits per heavy atom. The van der Waals surface area contributed by atoms with E-state index in [-0.39, 0.29) is 10.7 Å². The van der Waals surface area contributed by atoms with E-state index in [9.17, 15) is 18.0 Å². The molecule has 0 spiro atoms. The molecule has 0 unspecified atom stereocenters. The van der Waals surface area contributed by atoms with E-state index in [0.717, 1.165) is 11.3 Å². The molecule has 0 bridgehead atoms. The van der Waals surface area contributed by atoms with Crippen LogP contribution in [-0.4, -0.2) is 20.7 Å². The highest BCUT2D eigenvalue weighted by Gasteiger charge is 2.19. The van der Waals surface area contributed by atoms with Gasteiger partial charge in [-0.1, -0.05) is 0 Å². The van der Waals surface area contributed by atoms with E-state index in [2.05, 4.69) is 15.4 Å². The molecule has 1 N–H and O–H groups in total. The molecule has 2 heterocycles. The molecule has 0 aliphatic heterocycles. The largest absolute Gasteiger partial charge is 0.318 e. The van der Waals surface area contributed by atoms with Gasteiger partial charge in [-0.3, -0.25) is 9.48 Å². The lowest BCUT2D eigenvalue weighted by Gasteiger charge is -2.01. The Morgan fingerprint density at radius 2 is 1.96 bits per heavy atom. The number of carbonyl (C=O) groups is 1. The van der Waals surface area contributed by atoms with Crippen molar-refractivity contribution in [2.24, 2.45) is 7.05 Å². The van der Waals surface area contributed by atoms with Crippen LogP contribution >= 0.6 is 11.3 Å². The van der Waals surface area contributed by atoms with Gasteiger partial charge in [-0.05, 0) is 0 Å². The first-order valence-electron chi connectivity index (χ1n) is 6.34. The lowest BCUT2D eigenvalue weighted by molar-refractivity contribution is 0.102. The van der Waals surface area contributed by atoms with Crippen molar-refractivity contribution in [3.8, 4) is 10.6 Å². The van der Waals surface area contributed by atoms with E-state index in [1.54, 1.807) is 13.2 Å². The van der Waals surface area contributed by atoms with Gasteiger partial charge in [0, 0.05) is 30.8 Å². The summed E-state index contributed by atoms with van der Waals surface area (Å²) in [5.41, 5.74) is -0.000000800. The zero-order chi connectivity index (χ0) is 16.6. The van der Waals surface area contributed by atoms with Gasteiger partial charge in [-0.25, -0.2) is 18.2 Å². The summed E-state index contributed by atoms with van der Waals surface area (Å²) in [6.07, 6.45) is 3.04. The number of amides is 1. The number of nitrogens with one attached hydrogen (secondary N) is 1. The van der Waals surface area contributed by atoms with Crippen molar-refractivity contribution in [3.63, 3.8) is 0 Å². The number of aromatic nitrogens is 3. The van der Waals surface area contributed by atoms with Crippen molar-refractivity contribution >= 4 is 22.9 Å². The van der Waals surface area contributed by atoms with Crippen molar-refractivity contribution in [2.45, 2.75) is 0 Å². The molecular formula is C14H9F3N4OS. The topological polar surface area (TPSA) is 59.8 Å². The molecule has 0 atom stereocenters. The number of thiazole rings is 1. The number of halogens is 3. The number of rotatable bonds is 3. The quantitative estimate of drug-likeness (QED) is 0.798. The molecule has 9 heteroatoms. The van der Waals surface area contributed by atoms with Crippen molar-refractivity contribution in [1.82, 2.24) is 14.8 Å². The summed E-state index contributed by atoms with van der Waals surface area (Å²) in [6, 6.07) is 1.13. The molecule has 0 fully saturated rings. The first-order chi connectivity index (χ1) is 10.9. The average Bonchev–Trinajstić information content (AvgIpc) is 3.07. The molecule has 23 heavy (non-hydrogen) atoms. The molecule has 5 nitrogen and oxygen atoms in total. The molecular weight excluding hydrogens is 329 g/mol. The molecule has 0 aliphatic rings. The summed E-state index contributed by atoms with van der Waals surface area (Å²) in [6.45, 7) is 0. The fourth-order valence-electron chi connectivity index (χ4n) is 1.92. The summed E-state index contributed by atoms with van der Waals surface area (Å²) in [4.78, 5) is 16.0. The van der Waals surface area contributed by atoms with Crippen LogP contribution in [0.5, 0.6) is 0 Å². The predicted molar refractivity (Wildman–Crippen MR) is 78.6 cm³/mol. The first-order valence-corrected chi connectivity index (χ1v) is 7.22. The summed E-state index contributed by atoms with van der Waals surface area (Å²) < 4.78 is 41.9. The van der Waals surface area contributed by atoms with Crippen molar-refractivity contribution in [2.75, 3.05) is 5.32 Å². The summed E-state index contributed by atoms with van der Waals surface area (Å²) in [5, 5.41) is 7.77. The number of nitrogens with zero attached hydrogens (tertiary/aromatic N) is 3. The Hall–Kier alpha value is -2.68. The molecule has 0 saturated carbocycles. The standard InChI is InChI=1S/C14H9F3N4OS/c1-21-5-8(4-18-21)19-13(22)11-6-23-14(20-11)12-9(16)2-7(15)3-10(12)17/h2-6H,1H3,(H,19,22). The Labute approximate surface area is 132 Å². The van der Waals surface area contributed by atoms with Crippen LogP contribution < -0.4 is 5.32 Å². The summed E-state index contributed by atoms with van der Waals surface area (Å²) in [5.74, 6) is -3.70. The minimum Gasteiger partial charge on any atom is -0.318 e. The zero-order valence-corrected chi connectivity index (χ0v) is 12.5. The third-order valence-corrected chi connectivity index (χ3v) is 3.78. The van der Waals surface area contributed by atoms with Crippen LogP contribution in [0.2, 0.25) is 0 Å². The van der Waals surface area contributed by atoms with E-state index < -0.39 is 28.9 Å². The van der Waals surface area contributed by atoms with Crippen LogP contribution in [0.15, 0.2) is 29.9 Å². The number of benzene rings is 1. The fourth-order valence-corrected chi connectivity index (χ4v) is 2.77. The highest BCUT2D eigenvalue weighted by molar-refractivity contribution is 7.13. The fraction of sp³-hybridized carbons (Fsp3) is 0.0714. The van der Waals surface area contributed by atoms with Gasteiger partial charge in [0.1, 0.15) is 28.2 Å².